The molecule has 0 aliphatic heterocycles. The van der Waals surface area contributed by atoms with Crippen molar-refractivity contribution in [1.29, 1.82) is 0 Å². The van der Waals surface area contributed by atoms with Crippen LogP contribution in [0.4, 0.5) is 0 Å². The summed E-state index contributed by atoms with van der Waals surface area (Å²) in [6.45, 7) is 9.39. The largest absolute Gasteiger partial charge is 0.505 e. The lowest BCUT2D eigenvalue weighted by atomic mass is 10.3. The highest BCUT2D eigenvalue weighted by atomic mass is 31.2. The van der Waals surface area contributed by atoms with Crippen molar-refractivity contribution in [2.45, 2.75) is 65.8 Å². The molecule has 0 heterocycles. The van der Waals surface area contributed by atoms with Gasteiger partial charge in [0, 0.05) is 0 Å². The van der Waals surface area contributed by atoms with Crippen LogP contribution in [0.3, 0.4) is 0 Å². The maximum atomic E-state index is 11.6. The van der Waals surface area contributed by atoms with Crippen LogP contribution in [-0.4, -0.2) is 41.1 Å². The third kappa shape index (κ3) is 10.4. The van der Waals surface area contributed by atoms with E-state index in [0.717, 1.165) is 0 Å². The van der Waals surface area contributed by atoms with E-state index in [2.05, 4.69) is 9.25 Å². The van der Waals surface area contributed by atoms with Gasteiger partial charge in [0.05, 0.1) is 12.2 Å². The Morgan fingerprint density at radius 2 is 1.13 bits per heavy atom. The van der Waals surface area contributed by atoms with Crippen LogP contribution in [0.1, 0.15) is 41.5 Å². The molecule has 0 fully saturated rings. The average molecular weight is 356 g/mol. The third-order valence-corrected chi connectivity index (χ3v) is 2.77. The summed E-state index contributed by atoms with van der Waals surface area (Å²) in [5.41, 5.74) is 4.09. The molecule has 0 unspecified atom stereocenters. The number of phosphoric acid groups is 1. The molecule has 10 nitrogen and oxygen atoms in total. The second kappa shape index (κ2) is 9.96. The van der Waals surface area contributed by atoms with Crippen molar-refractivity contribution in [3.8, 4) is 0 Å². The van der Waals surface area contributed by atoms with E-state index in [1.54, 1.807) is 27.7 Å². The van der Waals surface area contributed by atoms with Crippen molar-refractivity contribution >= 4 is 19.8 Å². The van der Waals surface area contributed by atoms with Gasteiger partial charge in [-0.3, -0.25) is 9.59 Å². The summed E-state index contributed by atoms with van der Waals surface area (Å²) in [6, 6.07) is -1.99. The zero-order valence-corrected chi connectivity index (χ0v) is 15.0. The Balaban J connectivity index is 4.26. The number of nitrogens with one attached hydrogen (secondary N) is 2. The van der Waals surface area contributed by atoms with Crippen molar-refractivity contribution in [2.75, 3.05) is 0 Å². The summed E-state index contributed by atoms with van der Waals surface area (Å²) in [6.07, 6.45) is -0.670. The SMILES string of the molecule is CC(C)OC(=O)[C@H](C)NOP(=O)(O)ON[C@@H](C)C(=O)OC(C)C. The highest BCUT2D eigenvalue weighted by Crippen LogP contribution is 2.40. The van der Waals surface area contributed by atoms with E-state index in [0.29, 0.717) is 0 Å². The van der Waals surface area contributed by atoms with Crippen LogP contribution in [0.15, 0.2) is 0 Å². The first-order valence-corrected chi connectivity index (χ1v) is 8.56. The Labute approximate surface area is 135 Å². The van der Waals surface area contributed by atoms with E-state index in [9.17, 15) is 19.0 Å². The third-order valence-electron chi connectivity index (χ3n) is 2.10. The molecular formula is C12H25N2O8P. The predicted molar refractivity (Wildman–Crippen MR) is 79.6 cm³/mol. The predicted octanol–water partition coefficient (Wildman–Crippen LogP) is 0.809. The Morgan fingerprint density at radius 1 is 0.826 bits per heavy atom. The van der Waals surface area contributed by atoms with Crippen molar-refractivity contribution in [3.63, 3.8) is 0 Å². The molecule has 3 N–H and O–H groups in total. The number of carbonyl (C=O) groups is 2. The normalized spacial score (nSPS) is 14.7. The van der Waals surface area contributed by atoms with Gasteiger partial charge in [0.2, 0.25) is 0 Å². The van der Waals surface area contributed by atoms with Crippen LogP contribution in [-0.2, 0) is 32.9 Å². The van der Waals surface area contributed by atoms with Crippen LogP contribution in [0.5, 0.6) is 0 Å². The van der Waals surface area contributed by atoms with Gasteiger partial charge in [0.25, 0.3) is 0 Å². The first kappa shape index (κ1) is 22.0. The molecule has 0 aromatic carbocycles. The van der Waals surface area contributed by atoms with Gasteiger partial charge in [0.15, 0.2) is 0 Å². The molecule has 0 radical (unpaired) electrons. The Bertz CT molecular complexity index is 407. The molecule has 0 spiro atoms. The minimum atomic E-state index is -4.59. The fraction of sp³-hybridized carbons (Fsp3) is 0.833. The zero-order valence-electron chi connectivity index (χ0n) is 14.1. The van der Waals surface area contributed by atoms with Gasteiger partial charge in [-0.25, -0.2) is 4.57 Å². The van der Waals surface area contributed by atoms with Gasteiger partial charge in [-0.2, -0.15) is 20.2 Å². The van der Waals surface area contributed by atoms with E-state index in [-0.39, 0.29) is 12.2 Å². The average Bonchev–Trinajstić information content (AvgIpc) is 2.40. The number of esters is 2. The highest BCUT2D eigenvalue weighted by Gasteiger charge is 2.28. The molecule has 136 valence electrons. The second-order valence-electron chi connectivity index (χ2n) is 5.30. The topological polar surface area (TPSA) is 132 Å². The number of hydrogen-bond donors (Lipinski definition) is 3. The smallest absolute Gasteiger partial charge is 0.462 e. The number of hydroxylamine groups is 2. The van der Waals surface area contributed by atoms with Gasteiger partial charge in [-0.15, -0.1) is 0 Å². The van der Waals surface area contributed by atoms with E-state index in [1.165, 1.54) is 13.8 Å². The summed E-state index contributed by atoms with van der Waals surface area (Å²) in [5.74, 6) is -1.33. The summed E-state index contributed by atoms with van der Waals surface area (Å²) in [4.78, 5) is 32.4. The molecule has 0 rings (SSSR count). The molecule has 11 heteroatoms. The lowest BCUT2D eigenvalue weighted by Crippen LogP contribution is -2.38. The lowest BCUT2D eigenvalue weighted by Gasteiger charge is -2.19. The monoisotopic (exact) mass is 356 g/mol. The van der Waals surface area contributed by atoms with Crippen molar-refractivity contribution in [1.82, 2.24) is 11.0 Å². The standard InChI is InChI=1S/C12H25N2O8P/c1-7(2)19-11(15)9(5)13-21-23(17,18)22-14-10(6)12(16)20-8(3)4/h7-10,13-14H,1-6H3,(H,17,18)/t9-,10-/m0/s1. The maximum absolute atomic E-state index is 11.6. The first-order chi connectivity index (χ1) is 10.4. The lowest BCUT2D eigenvalue weighted by molar-refractivity contribution is -0.152. The maximum Gasteiger partial charge on any atom is 0.505 e. The molecule has 0 bridgehead atoms. The molecule has 0 aliphatic rings. The fourth-order valence-corrected chi connectivity index (χ4v) is 1.69. The molecule has 0 saturated heterocycles. The molecule has 23 heavy (non-hydrogen) atoms. The minimum Gasteiger partial charge on any atom is -0.462 e. The number of ether oxygens (including phenoxy) is 2. The quantitative estimate of drug-likeness (QED) is 0.293. The summed E-state index contributed by atoms with van der Waals surface area (Å²) in [5, 5.41) is 0. The number of hydrogen-bond acceptors (Lipinski definition) is 9. The Kier molecular flexibility index (Phi) is 9.52. The molecule has 0 amide bonds. The summed E-state index contributed by atoms with van der Waals surface area (Å²) < 4.78 is 30.2. The van der Waals surface area contributed by atoms with Gasteiger partial charge < -0.3 is 14.4 Å². The van der Waals surface area contributed by atoms with Gasteiger partial charge >= 0.3 is 19.8 Å². The van der Waals surface area contributed by atoms with Crippen molar-refractivity contribution in [2.24, 2.45) is 0 Å². The minimum absolute atomic E-state index is 0.335. The van der Waals surface area contributed by atoms with Crippen LogP contribution >= 0.6 is 7.82 Å². The number of rotatable bonds is 10. The van der Waals surface area contributed by atoms with Crippen molar-refractivity contribution < 1.29 is 37.8 Å². The van der Waals surface area contributed by atoms with Crippen LogP contribution < -0.4 is 11.0 Å². The second-order valence-corrected chi connectivity index (χ2v) is 6.60. The Morgan fingerprint density at radius 3 is 1.39 bits per heavy atom. The van der Waals surface area contributed by atoms with E-state index in [1.807, 2.05) is 11.0 Å². The van der Waals surface area contributed by atoms with Gasteiger partial charge in [-0.05, 0) is 41.5 Å². The van der Waals surface area contributed by atoms with E-state index >= 15 is 0 Å². The van der Waals surface area contributed by atoms with Crippen LogP contribution in [0.2, 0.25) is 0 Å². The fourth-order valence-electron chi connectivity index (χ4n) is 1.07. The molecule has 0 aromatic heterocycles. The first-order valence-electron chi connectivity index (χ1n) is 7.06. The van der Waals surface area contributed by atoms with Crippen molar-refractivity contribution in [3.05, 3.63) is 0 Å². The van der Waals surface area contributed by atoms with Crippen LogP contribution in [0, 0.1) is 0 Å². The molecule has 0 aromatic rings. The zero-order chi connectivity index (χ0) is 18.2. The molecule has 0 saturated carbocycles. The van der Waals surface area contributed by atoms with E-state index in [4.69, 9.17) is 9.47 Å². The van der Waals surface area contributed by atoms with Crippen LogP contribution in [0.25, 0.3) is 0 Å². The van der Waals surface area contributed by atoms with Gasteiger partial charge in [0.1, 0.15) is 12.1 Å². The summed E-state index contributed by atoms with van der Waals surface area (Å²) in [7, 11) is -4.59. The summed E-state index contributed by atoms with van der Waals surface area (Å²) >= 11 is 0. The molecule has 0 aliphatic carbocycles. The molecule has 2 atom stereocenters. The van der Waals surface area contributed by atoms with E-state index < -0.39 is 31.8 Å². The molecular weight excluding hydrogens is 331 g/mol. The Hall–Kier alpha value is -1.03. The highest BCUT2D eigenvalue weighted by molar-refractivity contribution is 7.47. The number of carbonyl (C=O) groups excluding carboxylic acids is 2. The van der Waals surface area contributed by atoms with Gasteiger partial charge in [-0.1, -0.05) is 0 Å².